The topological polar surface area (TPSA) is 152 Å². The van der Waals surface area contributed by atoms with Crippen LogP contribution in [0.3, 0.4) is 0 Å². The second-order valence-electron chi connectivity index (χ2n) is 13.3. The molecular weight excluding hydrogens is 672 g/mol. The summed E-state index contributed by atoms with van der Waals surface area (Å²) in [5.74, 6) is -0.328. The van der Waals surface area contributed by atoms with Crippen molar-refractivity contribution in [1.29, 1.82) is 0 Å². The summed E-state index contributed by atoms with van der Waals surface area (Å²) in [4.78, 5) is 55.5. The molecule has 53 heavy (non-hydrogen) atoms. The average Bonchev–Trinajstić information content (AvgIpc) is 4.00. The highest BCUT2D eigenvalue weighted by Crippen LogP contribution is 2.31. The summed E-state index contributed by atoms with van der Waals surface area (Å²) in [6.45, 7) is 0.807. The molecule has 0 spiro atoms. The summed E-state index contributed by atoms with van der Waals surface area (Å²) in [6.07, 6.45) is -0.278. The molecule has 4 aromatic carbocycles. The molecule has 2 fully saturated rings. The van der Waals surface area contributed by atoms with Crippen molar-refractivity contribution in [3.05, 3.63) is 132 Å². The van der Waals surface area contributed by atoms with E-state index in [0.717, 1.165) is 11.1 Å². The Bertz CT molecular complexity index is 1920. The SMILES string of the molecule is O=C(Nc1ccc(-c2ccc(-c3ccc(NC(=O)[C@@H]4CCCN4C(=O)[C@@H](O)c4ccccc4)cc3)o2)cc1)[C@@H]1CCCN1C(=O)[C@@H](O)c1ccccc1. The lowest BCUT2D eigenvalue weighted by molar-refractivity contribution is -0.144. The third-order valence-corrected chi connectivity index (χ3v) is 9.86. The van der Waals surface area contributed by atoms with Crippen LogP contribution in [0.5, 0.6) is 0 Å². The van der Waals surface area contributed by atoms with E-state index in [9.17, 15) is 29.4 Å². The molecule has 4 amide bonds. The number of aliphatic hydroxyl groups is 2. The Labute approximate surface area is 306 Å². The van der Waals surface area contributed by atoms with Crippen molar-refractivity contribution in [2.75, 3.05) is 23.7 Å². The van der Waals surface area contributed by atoms with Crippen LogP contribution < -0.4 is 10.6 Å². The minimum atomic E-state index is -1.32. The maximum atomic E-state index is 13.2. The summed E-state index contributed by atoms with van der Waals surface area (Å²) in [7, 11) is 0. The van der Waals surface area contributed by atoms with Gasteiger partial charge >= 0.3 is 0 Å². The molecule has 2 saturated heterocycles. The van der Waals surface area contributed by atoms with E-state index in [-0.39, 0.29) is 11.8 Å². The van der Waals surface area contributed by atoms with Crippen LogP contribution in [0.15, 0.2) is 126 Å². The highest BCUT2D eigenvalue weighted by Gasteiger charge is 2.38. The molecule has 11 heteroatoms. The molecule has 5 aromatic rings. The number of furan rings is 1. The number of nitrogens with zero attached hydrogens (tertiary/aromatic N) is 2. The molecule has 4 N–H and O–H groups in total. The van der Waals surface area contributed by atoms with E-state index in [1.165, 1.54) is 9.80 Å². The quantitative estimate of drug-likeness (QED) is 0.140. The Hall–Kier alpha value is -6.04. The molecule has 7 rings (SSSR count). The normalized spacial score (nSPS) is 18.0. The fourth-order valence-electron chi connectivity index (χ4n) is 7.01. The van der Waals surface area contributed by atoms with Crippen molar-refractivity contribution < 1.29 is 33.8 Å². The molecule has 3 heterocycles. The standard InChI is InChI=1S/C42H40N4O7/c47-37(29-9-3-1-4-10-29)41(51)45-25-7-13-33(45)39(49)43-31-19-15-27(16-20-31)35-23-24-36(53-35)28-17-21-32(22-18-28)44-40(50)34-14-8-26-46(34)42(52)38(48)30-11-5-2-6-12-30/h1-6,9-12,15-24,33-34,37-38,47-48H,7-8,13-14,25-26H2,(H,43,49)(H,44,50)/t33-,34-,37-,38-/m0/s1. The zero-order valence-electron chi connectivity index (χ0n) is 28.9. The van der Waals surface area contributed by atoms with E-state index in [1.54, 1.807) is 72.8 Å². The molecule has 2 aliphatic heterocycles. The largest absolute Gasteiger partial charge is 0.456 e. The van der Waals surface area contributed by atoms with Gasteiger partial charge in [-0.05, 0) is 97.5 Å². The highest BCUT2D eigenvalue weighted by molar-refractivity contribution is 5.99. The van der Waals surface area contributed by atoms with E-state index < -0.39 is 36.1 Å². The smallest absolute Gasteiger partial charge is 0.256 e. The lowest BCUT2D eigenvalue weighted by Gasteiger charge is -2.26. The minimum absolute atomic E-state index is 0.306. The van der Waals surface area contributed by atoms with Gasteiger partial charge < -0.3 is 35.1 Å². The number of amides is 4. The average molecular weight is 713 g/mol. The Morgan fingerprint density at radius 3 is 1.30 bits per heavy atom. The number of likely N-dealkylation sites (tertiary alicyclic amines) is 2. The molecule has 0 aliphatic carbocycles. The summed E-state index contributed by atoms with van der Waals surface area (Å²) in [5, 5.41) is 27.1. The van der Waals surface area contributed by atoms with Gasteiger partial charge in [0.25, 0.3) is 11.8 Å². The van der Waals surface area contributed by atoms with Crippen molar-refractivity contribution in [3.63, 3.8) is 0 Å². The fraction of sp³-hybridized carbons (Fsp3) is 0.238. The Kier molecular flexibility index (Phi) is 10.5. The van der Waals surface area contributed by atoms with Crippen molar-refractivity contribution in [1.82, 2.24) is 9.80 Å². The maximum Gasteiger partial charge on any atom is 0.256 e. The van der Waals surface area contributed by atoms with Crippen molar-refractivity contribution in [3.8, 4) is 22.6 Å². The van der Waals surface area contributed by atoms with Gasteiger partial charge in [-0.2, -0.15) is 0 Å². The van der Waals surface area contributed by atoms with Crippen molar-refractivity contribution >= 4 is 35.0 Å². The van der Waals surface area contributed by atoms with Gasteiger partial charge in [0.1, 0.15) is 23.6 Å². The van der Waals surface area contributed by atoms with Crippen LogP contribution >= 0.6 is 0 Å². The summed E-state index contributed by atoms with van der Waals surface area (Å²) in [5.41, 5.74) is 3.73. The van der Waals surface area contributed by atoms with E-state index in [2.05, 4.69) is 10.6 Å². The van der Waals surface area contributed by atoms with Crippen molar-refractivity contribution in [2.24, 2.45) is 0 Å². The molecule has 0 unspecified atom stereocenters. The van der Waals surface area contributed by atoms with Gasteiger partial charge in [0.2, 0.25) is 11.8 Å². The maximum absolute atomic E-state index is 13.2. The van der Waals surface area contributed by atoms with Crippen LogP contribution in [0, 0.1) is 0 Å². The van der Waals surface area contributed by atoms with Gasteiger partial charge in [0.15, 0.2) is 12.2 Å². The van der Waals surface area contributed by atoms with Gasteiger partial charge in [-0.15, -0.1) is 0 Å². The second-order valence-corrected chi connectivity index (χ2v) is 13.3. The van der Waals surface area contributed by atoms with E-state index in [1.807, 2.05) is 48.5 Å². The Balaban J connectivity index is 0.938. The Morgan fingerprint density at radius 2 is 0.925 bits per heavy atom. The molecule has 270 valence electrons. The van der Waals surface area contributed by atoms with Crippen LogP contribution in [-0.2, 0) is 19.2 Å². The summed E-state index contributed by atoms with van der Waals surface area (Å²) in [6, 6.07) is 34.2. The highest BCUT2D eigenvalue weighted by atomic mass is 16.3. The molecule has 0 radical (unpaired) electrons. The first-order valence-electron chi connectivity index (χ1n) is 17.8. The van der Waals surface area contributed by atoms with Crippen LogP contribution in [0.4, 0.5) is 11.4 Å². The molecule has 0 saturated carbocycles. The minimum Gasteiger partial charge on any atom is -0.456 e. The van der Waals surface area contributed by atoms with Gasteiger partial charge in [0.05, 0.1) is 0 Å². The van der Waals surface area contributed by atoms with Gasteiger partial charge in [0, 0.05) is 35.6 Å². The first kappa shape index (κ1) is 35.4. The zero-order valence-corrected chi connectivity index (χ0v) is 28.9. The fourth-order valence-corrected chi connectivity index (χ4v) is 7.01. The number of nitrogens with one attached hydrogen (secondary N) is 2. The Morgan fingerprint density at radius 1 is 0.547 bits per heavy atom. The van der Waals surface area contributed by atoms with E-state index in [0.29, 0.717) is 72.8 Å². The van der Waals surface area contributed by atoms with Gasteiger partial charge in [-0.25, -0.2) is 0 Å². The number of hydrogen-bond acceptors (Lipinski definition) is 7. The summed E-state index contributed by atoms with van der Waals surface area (Å²) >= 11 is 0. The number of aliphatic hydroxyl groups excluding tert-OH is 2. The van der Waals surface area contributed by atoms with Crippen LogP contribution in [0.1, 0.15) is 49.0 Å². The number of anilines is 2. The molecular formula is C42H40N4O7. The van der Waals surface area contributed by atoms with Crippen LogP contribution in [0.2, 0.25) is 0 Å². The third-order valence-electron chi connectivity index (χ3n) is 9.86. The first-order valence-corrected chi connectivity index (χ1v) is 17.8. The first-order chi connectivity index (χ1) is 25.8. The predicted octanol–water partition coefficient (Wildman–Crippen LogP) is 5.94. The van der Waals surface area contributed by atoms with Crippen molar-refractivity contribution in [2.45, 2.75) is 50.0 Å². The third kappa shape index (κ3) is 7.76. The predicted molar refractivity (Wildman–Crippen MR) is 199 cm³/mol. The van der Waals surface area contributed by atoms with Gasteiger partial charge in [-0.1, -0.05) is 60.7 Å². The lowest BCUT2D eigenvalue weighted by Crippen LogP contribution is -2.45. The van der Waals surface area contributed by atoms with Gasteiger partial charge in [-0.3, -0.25) is 19.2 Å². The number of carbonyl (C=O) groups excluding carboxylic acids is 4. The molecule has 2 aliphatic rings. The van der Waals surface area contributed by atoms with Crippen LogP contribution in [0.25, 0.3) is 22.6 Å². The molecule has 1 aromatic heterocycles. The number of hydrogen-bond donors (Lipinski definition) is 4. The summed E-state index contributed by atoms with van der Waals surface area (Å²) < 4.78 is 6.15. The molecule has 11 nitrogen and oxygen atoms in total. The number of benzene rings is 4. The zero-order chi connectivity index (χ0) is 36.9. The van der Waals surface area contributed by atoms with E-state index >= 15 is 0 Å². The lowest BCUT2D eigenvalue weighted by atomic mass is 10.1. The van der Waals surface area contributed by atoms with Crippen LogP contribution in [-0.4, -0.2) is 68.8 Å². The second kappa shape index (κ2) is 15.7. The number of rotatable bonds is 10. The van der Waals surface area contributed by atoms with E-state index in [4.69, 9.17) is 4.42 Å². The molecule has 0 bridgehead atoms. The number of carbonyl (C=O) groups is 4. The molecule has 4 atom stereocenters. The monoisotopic (exact) mass is 712 g/mol.